The van der Waals surface area contributed by atoms with E-state index in [2.05, 4.69) is 58.2 Å². The van der Waals surface area contributed by atoms with Crippen LogP contribution in [0.5, 0.6) is 0 Å². The summed E-state index contributed by atoms with van der Waals surface area (Å²) in [5, 5.41) is 3.40. The van der Waals surface area contributed by atoms with Crippen molar-refractivity contribution in [1.82, 2.24) is 5.32 Å². The highest BCUT2D eigenvalue weighted by Gasteiger charge is 2.37. The summed E-state index contributed by atoms with van der Waals surface area (Å²) in [5.41, 5.74) is 1.49. The van der Waals surface area contributed by atoms with Crippen LogP contribution in [0.2, 0.25) is 0 Å². The molecule has 1 aliphatic carbocycles. The number of hydrogen-bond donors (Lipinski definition) is 1. The van der Waals surface area contributed by atoms with Gasteiger partial charge in [-0.25, -0.2) is 0 Å². The Kier molecular flexibility index (Phi) is 3.60. The van der Waals surface area contributed by atoms with Crippen molar-refractivity contribution in [2.75, 3.05) is 13.1 Å². The summed E-state index contributed by atoms with van der Waals surface area (Å²) in [6, 6.07) is 10.8. The van der Waals surface area contributed by atoms with Crippen LogP contribution < -0.4 is 5.32 Å². The normalized spacial score (nSPS) is 23.8. The van der Waals surface area contributed by atoms with Crippen molar-refractivity contribution < 1.29 is 0 Å². The summed E-state index contributed by atoms with van der Waals surface area (Å²) in [5.74, 6) is 1.60. The maximum absolute atomic E-state index is 3.80. The quantitative estimate of drug-likeness (QED) is 0.862. The summed E-state index contributed by atoms with van der Waals surface area (Å²) < 4.78 is 1.03. The number of benzene rings is 1. The lowest BCUT2D eigenvalue weighted by atomic mass is 10.1. The van der Waals surface area contributed by atoms with Crippen molar-refractivity contribution in [2.45, 2.75) is 12.3 Å². The van der Waals surface area contributed by atoms with Gasteiger partial charge in [0, 0.05) is 11.0 Å². The average molecular weight is 266 g/mol. The van der Waals surface area contributed by atoms with Crippen LogP contribution in [0.25, 0.3) is 0 Å². The topological polar surface area (TPSA) is 12.0 Å². The first-order chi connectivity index (χ1) is 7.27. The van der Waals surface area contributed by atoms with E-state index in [-0.39, 0.29) is 0 Å². The molecule has 1 aliphatic rings. The summed E-state index contributed by atoms with van der Waals surface area (Å²) in [7, 11) is 0. The molecule has 0 aromatic heterocycles. The molecule has 1 fully saturated rings. The minimum atomic E-state index is 0.780. The third-order valence-electron chi connectivity index (χ3n) is 2.87. The highest BCUT2D eigenvalue weighted by atomic mass is 79.9. The van der Waals surface area contributed by atoms with E-state index in [1.807, 2.05) is 0 Å². The average Bonchev–Trinajstić information content (AvgIpc) is 2.98. The predicted octanol–water partition coefficient (Wildman–Crippen LogP) is 3.29. The van der Waals surface area contributed by atoms with Crippen LogP contribution >= 0.6 is 15.9 Å². The lowest BCUT2D eigenvalue weighted by molar-refractivity contribution is 0.666. The number of hydrogen-bond acceptors (Lipinski definition) is 1. The van der Waals surface area contributed by atoms with Gasteiger partial charge in [0.15, 0.2) is 0 Å². The van der Waals surface area contributed by atoms with Crippen LogP contribution in [-0.2, 0) is 0 Å². The van der Waals surface area contributed by atoms with E-state index < -0.39 is 0 Å². The molecule has 1 nitrogen and oxygen atoms in total. The van der Waals surface area contributed by atoms with Gasteiger partial charge in [0.05, 0.1) is 0 Å². The first kappa shape index (κ1) is 10.9. The maximum Gasteiger partial charge on any atom is 0.0265 e. The fourth-order valence-corrected chi connectivity index (χ4v) is 2.17. The first-order valence-electron chi connectivity index (χ1n) is 5.36. The molecule has 0 bridgehead atoms. The molecule has 2 heteroatoms. The molecular formula is C13H16BrN. The van der Waals surface area contributed by atoms with Gasteiger partial charge >= 0.3 is 0 Å². The van der Waals surface area contributed by atoms with E-state index in [9.17, 15) is 0 Å². The van der Waals surface area contributed by atoms with Gasteiger partial charge in [-0.1, -0.05) is 52.8 Å². The molecule has 1 aromatic carbocycles. The highest BCUT2D eigenvalue weighted by molar-refractivity contribution is 9.11. The van der Waals surface area contributed by atoms with Crippen molar-refractivity contribution in [2.24, 2.45) is 5.92 Å². The highest BCUT2D eigenvalue weighted by Crippen LogP contribution is 2.46. The summed E-state index contributed by atoms with van der Waals surface area (Å²) >= 11 is 3.35. The Morgan fingerprint density at radius 3 is 2.80 bits per heavy atom. The molecule has 0 radical (unpaired) electrons. The zero-order valence-corrected chi connectivity index (χ0v) is 10.3. The number of rotatable bonds is 5. The molecule has 0 amide bonds. The molecular weight excluding hydrogens is 250 g/mol. The van der Waals surface area contributed by atoms with Crippen molar-refractivity contribution in [1.29, 1.82) is 0 Å². The largest absolute Gasteiger partial charge is 0.312 e. The molecule has 0 aliphatic heterocycles. The van der Waals surface area contributed by atoms with Gasteiger partial charge in [-0.3, -0.25) is 0 Å². The minimum absolute atomic E-state index is 0.780. The molecule has 15 heavy (non-hydrogen) atoms. The van der Waals surface area contributed by atoms with Gasteiger partial charge in [-0.05, 0) is 30.4 Å². The van der Waals surface area contributed by atoms with Gasteiger partial charge in [-0.2, -0.15) is 0 Å². The monoisotopic (exact) mass is 265 g/mol. The molecule has 2 rings (SSSR count). The van der Waals surface area contributed by atoms with E-state index in [4.69, 9.17) is 0 Å². The summed E-state index contributed by atoms with van der Waals surface area (Å²) in [6.07, 6.45) is 1.33. The summed E-state index contributed by atoms with van der Waals surface area (Å²) in [6.45, 7) is 5.78. The second-order valence-electron chi connectivity index (χ2n) is 4.16. The second kappa shape index (κ2) is 4.95. The lowest BCUT2D eigenvalue weighted by Gasteiger charge is -2.02. The zero-order valence-electron chi connectivity index (χ0n) is 8.75. The Bertz CT molecular complexity index is 334. The van der Waals surface area contributed by atoms with Crippen LogP contribution in [-0.4, -0.2) is 13.1 Å². The van der Waals surface area contributed by atoms with E-state index in [0.29, 0.717) is 0 Å². The van der Waals surface area contributed by atoms with Crippen LogP contribution in [0.4, 0.5) is 0 Å². The van der Waals surface area contributed by atoms with Crippen LogP contribution in [0.15, 0.2) is 41.4 Å². The standard InChI is InChI=1S/C13H16BrN/c1-10(14)8-15-9-12-7-13(12)11-5-3-2-4-6-11/h2-6,12-13,15H,1,7-9H2. The molecule has 1 N–H and O–H groups in total. The molecule has 2 atom stereocenters. The van der Waals surface area contributed by atoms with E-state index >= 15 is 0 Å². The molecule has 2 unspecified atom stereocenters. The predicted molar refractivity (Wildman–Crippen MR) is 68.2 cm³/mol. The van der Waals surface area contributed by atoms with Gasteiger partial charge in [0.25, 0.3) is 0 Å². The second-order valence-corrected chi connectivity index (χ2v) is 5.28. The Labute approximate surface area is 99.7 Å². The van der Waals surface area contributed by atoms with Gasteiger partial charge < -0.3 is 5.32 Å². The molecule has 80 valence electrons. The number of nitrogens with one attached hydrogen (secondary N) is 1. The fraction of sp³-hybridized carbons (Fsp3) is 0.385. The number of halogens is 1. The third kappa shape index (κ3) is 3.18. The Morgan fingerprint density at radius 2 is 2.13 bits per heavy atom. The van der Waals surface area contributed by atoms with Crippen LogP contribution in [0.1, 0.15) is 17.9 Å². The maximum atomic E-state index is 3.80. The Balaban J connectivity index is 1.75. The molecule has 0 spiro atoms. The van der Waals surface area contributed by atoms with Crippen molar-refractivity contribution in [3.63, 3.8) is 0 Å². The minimum Gasteiger partial charge on any atom is -0.312 e. The first-order valence-corrected chi connectivity index (χ1v) is 6.15. The molecule has 1 aromatic rings. The zero-order chi connectivity index (χ0) is 10.7. The van der Waals surface area contributed by atoms with Crippen molar-refractivity contribution >= 4 is 15.9 Å². The fourth-order valence-electron chi connectivity index (χ4n) is 1.97. The SMILES string of the molecule is C=C(Br)CNCC1CC1c1ccccc1. The van der Waals surface area contributed by atoms with Crippen LogP contribution in [0.3, 0.4) is 0 Å². The smallest absolute Gasteiger partial charge is 0.0265 e. The van der Waals surface area contributed by atoms with E-state index in [1.54, 1.807) is 0 Å². The van der Waals surface area contributed by atoms with Gasteiger partial charge in [0.1, 0.15) is 0 Å². The molecule has 1 saturated carbocycles. The summed E-state index contributed by atoms with van der Waals surface area (Å²) in [4.78, 5) is 0. The van der Waals surface area contributed by atoms with Crippen LogP contribution in [0, 0.1) is 5.92 Å². The lowest BCUT2D eigenvalue weighted by Crippen LogP contribution is -2.18. The van der Waals surface area contributed by atoms with E-state index in [1.165, 1.54) is 12.0 Å². The third-order valence-corrected chi connectivity index (χ3v) is 3.15. The molecule has 0 saturated heterocycles. The molecule has 0 heterocycles. The van der Waals surface area contributed by atoms with Crippen molar-refractivity contribution in [3.8, 4) is 0 Å². The van der Waals surface area contributed by atoms with Crippen molar-refractivity contribution in [3.05, 3.63) is 47.0 Å². The van der Waals surface area contributed by atoms with Gasteiger partial charge in [-0.15, -0.1) is 0 Å². The van der Waals surface area contributed by atoms with Gasteiger partial charge in [0.2, 0.25) is 0 Å². The van der Waals surface area contributed by atoms with E-state index in [0.717, 1.165) is 29.4 Å². The Hall–Kier alpha value is -0.600. The Morgan fingerprint density at radius 1 is 1.40 bits per heavy atom.